The monoisotopic (exact) mass is 245 g/mol. The zero-order valence-electron chi connectivity index (χ0n) is 6.87. The van der Waals surface area contributed by atoms with Gasteiger partial charge in [-0.1, -0.05) is 15.9 Å². The minimum absolute atomic E-state index is 0.00528. The van der Waals surface area contributed by atoms with Crippen molar-refractivity contribution in [2.75, 3.05) is 5.43 Å². The highest BCUT2D eigenvalue weighted by Gasteiger charge is 2.17. The Kier molecular flexibility index (Phi) is 2.84. The first kappa shape index (κ1) is 9.94. The number of nitro groups is 1. The van der Waals surface area contributed by atoms with E-state index in [-0.39, 0.29) is 5.69 Å². The molecule has 1 aromatic carbocycles. The predicted molar refractivity (Wildman–Crippen MR) is 53.3 cm³/mol. The third kappa shape index (κ3) is 1.96. The summed E-state index contributed by atoms with van der Waals surface area (Å²) in [7, 11) is 0. The van der Waals surface area contributed by atoms with Crippen LogP contribution in [0.2, 0.25) is 0 Å². The number of aryl methyl sites for hydroxylation is 1. The van der Waals surface area contributed by atoms with Gasteiger partial charge in [-0.3, -0.25) is 16.0 Å². The van der Waals surface area contributed by atoms with Crippen molar-refractivity contribution in [3.8, 4) is 0 Å². The molecular formula is C7H8BrN3O2. The van der Waals surface area contributed by atoms with E-state index in [1.165, 1.54) is 0 Å². The highest BCUT2D eigenvalue weighted by atomic mass is 79.9. The summed E-state index contributed by atoms with van der Waals surface area (Å²) in [6.45, 7) is 1.66. The number of nitrogens with one attached hydrogen (secondary N) is 1. The van der Waals surface area contributed by atoms with Crippen molar-refractivity contribution in [1.82, 2.24) is 0 Å². The fraction of sp³-hybridized carbons (Fsp3) is 0.143. The lowest BCUT2D eigenvalue weighted by atomic mass is 10.2. The first-order valence-electron chi connectivity index (χ1n) is 3.47. The molecule has 1 rings (SSSR count). The van der Waals surface area contributed by atoms with Crippen LogP contribution in [0.15, 0.2) is 16.6 Å². The number of benzene rings is 1. The van der Waals surface area contributed by atoms with E-state index in [4.69, 9.17) is 5.84 Å². The van der Waals surface area contributed by atoms with Gasteiger partial charge in [-0.2, -0.15) is 0 Å². The van der Waals surface area contributed by atoms with Gasteiger partial charge in [0.25, 0.3) is 5.69 Å². The highest BCUT2D eigenvalue weighted by Crippen LogP contribution is 2.31. The number of hydrogen-bond acceptors (Lipinski definition) is 4. The molecule has 0 fully saturated rings. The SMILES string of the molecule is Cc1cc(Br)cc(NN)c1[N+](=O)[O-]. The third-order valence-electron chi connectivity index (χ3n) is 1.60. The number of hydrogen-bond donors (Lipinski definition) is 2. The molecule has 70 valence electrons. The standard InChI is InChI=1S/C7H8BrN3O2/c1-4-2-5(8)3-6(10-9)7(4)11(12)13/h2-3,10H,9H2,1H3. The predicted octanol–water partition coefficient (Wildman–Crippen LogP) is 1.95. The van der Waals surface area contributed by atoms with Crippen LogP contribution in [0.1, 0.15) is 5.56 Å². The van der Waals surface area contributed by atoms with E-state index in [0.717, 1.165) is 4.47 Å². The summed E-state index contributed by atoms with van der Waals surface area (Å²) in [6.07, 6.45) is 0. The Hall–Kier alpha value is -1.14. The lowest BCUT2D eigenvalue weighted by Gasteiger charge is -2.04. The smallest absolute Gasteiger partial charge is 0.296 e. The second kappa shape index (κ2) is 3.71. The average molecular weight is 246 g/mol. The molecule has 0 heterocycles. The van der Waals surface area contributed by atoms with Gasteiger partial charge in [0, 0.05) is 10.0 Å². The van der Waals surface area contributed by atoms with E-state index in [0.29, 0.717) is 11.3 Å². The lowest BCUT2D eigenvalue weighted by molar-refractivity contribution is -0.384. The van der Waals surface area contributed by atoms with E-state index >= 15 is 0 Å². The van der Waals surface area contributed by atoms with Crippen molar-refractivity contribution < 1.29 is 4.92 Å². The molecule has 0 unspecified atom stereocenters. The molecule has 0 bridgehead atoms. The number of anilines is 1. The topological polar surface area (TPSA) is 81.2 Å². The molecular weight excluding hydrogens is 238 g/mol. The maximum Gasteiger partial charge on any atom is 0.296 e. The van der Waals surface area contributed by atoms with Gasteiger partial charge in [-0.25, -0.2) is 0 Å². The Bertz CT molecular complexity index is 354. The zero-order chi connectivity index (χ0) is 10.0. The normalized spacial score (nSPS) is 9.77. The molecule has 13 heavy (non-hydrogen) atoms. The summed E-state index contributed by atoms with van der Waals surface area (Å²) in [5, 5.41) is 10.6. The molecule has 0 saturated carbocycles. The minimum Gasteiger partial charge on any atom is -0.318 e. The Morgan fingerprint density at radius 2 is 2.23 bits per heavy atom. The fourth-order valence-electron chi connectivity index (χ4n) is 1.09. The van der Waals surface area contributed by atoms with Gasteiger partial charge in [0.05, 0.1) is 4.92 Å². The van der Waals surface area contributed by atoms with Crippen molar-refractivity contribution >= 4 is 27.3 Å². The summed E-state index contributed by atoms with van der Waals surface area (Å²) in [5.41, 5.74) is 3.16. The molecule has 0 atom stereocenters. The lowest BCUT2D eigenvalue weighted by Crippen LogP contribution is -2.09. The van der Waals surface area contributed by atoms with Crippen LogP contribution < -0.4 is 11.3 Å². The maximum atomic E-state index is 10.6. The second-order valence-corrected chi connectivity index (χ2v) is 3.44. The molecule has 0 spiro atoms. The summed E-state index contributed by atoms with van der Waals surface area (Å²) >= 11 is 3.22. The van der Waals surface area contributed by atoms with Gasteiger partial charge >= 0.3 is 0 Å². The number of nitrogens with two attached hydrogens (primary N) is 1. The molecule has 0 aliphatic rings. The molecule has 0 radical (unpaired) electrons. The van der Waals surface area contributed by atoms with Crippen LogP contribution in [0.3, 0.4) is 0 Å². The van der Waals surface area contributed by atoms with Crippen molar-refractivity contribution in [2.45, 2.75) is 6.92 Å². The number of halogens is 1. The first-order chi connectivity index (χ1) is 6.06. The van der Waals surface area contributed by atoms with E-state index in [1.54, 1.807) is 19.1 Å². The van der Waals surface area contributed by atoms with Crippen molar-refractivity contribution in [2.24, 2.45) is 5.84 Å². The van der Waals surface area contributed by atoms with Gasteiger partial charge in [-0.05, 0) is 19.1 Å². The van der Waals surface area contributed by atoms with Gasteiger partial charge < -0.3 is 5.43 Å². The van der Waals surface area contributed by atoms with Gasteiger partial charge in [0.2, 0.25) is 0 Å². The maximum absolute atomic E-state index is 10.6. The Balaban J connectivity index is 3.38. The first-order valence-corrected chi connectivity index (χ1v) is 4.26. The summed E-state index contributed by atoms with van der Waals surface area (Å²) in [5.74, 6) is 5.15. The fourth-order valence-corrected chi connectivity index (χ4v) is 1.66. The molecule has 0 aliphatic carbocycles. The van der Waals surface area contributed by atoms with Crippen molar-refractivity contribution in [3.05, 3.63) is 32.3 Å². The van der Waals surface area contributed by atoms with E-state index in [1.807, 2.05) is 0 Å². The van der Waals surface area contributed by atoms with Crippen LogP contribution in [0, 0.1) is 17.0 Å². The Morgan fingerprint density at radius 1 is 1.62 bits per heavy atom. The average Bonchev–Trinajstić information content (AvgIpc) is 2.01. The van der Waals surface area contributed by atoms with Crippen molar-refractivity contribution in [1.29, 1.82) is 0 Å². The van der Waals surface area contributed by atoms with Crippen LogP contribution in [0.25, 0.3) is 0 Å². The Labute approximate surface area is 83.2 Å². The highest BCUT2D eigenvalue weighted by molar-refractivity contribution is 9.10. The number of nitro benzene ring substituents is 1. The van der Waals surface area contributed by atoms with Crippen LogP contribution in [-0.2, 0) is 0 Å². The van der Waals surface area contributed by atoms with Gasteiger partial charge in [0.1, 0.15) is 5.69 Å². The van der Waals surface area contributed by atoms with Gasteiger partial charge in [0.15, 0.2) is 0 Å². The van der Waals surface area contributed by atoms with Crippen LogP contribution in [0.5, 0.6) is 0 Å². The third-order valence-corrected chi connectivity index (χ3v) is 2.06. The quantitative estimate of drug-likeness (QED) is 0.474. The molecule has 1 aromatic rings. The van der Waals surface area contributed by atoms with Gasteiger partial charge in [-0.15, -0.1) is 0 Å². The zero-order valence-corrected chi connectivity index (χ0v) is 8.46. The van der Waals surface area contributed by atoms with Crippen molar-refractivity contribution in [3.63, 3.8) is 0 Å². The largest absolute Gasteiger partial charge is 0.318 e. The number of nitrogen functional groups attached to an aromatic ring is 1. The van der Waals surface area contributed by atoms with E-state index in [9.17, 15) is 10.1 Å². The van der Waals surface area contributed by atoms with Crippen LogP contribution >= 0.6 is 15.9 Å². The van der Waals surface area contributed by atoms with E-state index < -0.39 is 4.92 Å². The van der Waals surface area contributed by atoms with Crippen LogP contribution in [-0.4, -0.2) is 4.92 Å². The minimum atomic E-state index is -0.461. The van der Waals surface area contributed by atoms with Crippen LogP contribution in [0.4, 0.5) is 11.4 Å². The summed E-state index contributed by atoms with van der Waals surface area (Å²) in [4.78, 5) is 10.1. The molecule has 0 aliphatic heterocycles. The summed E-state index contributed by atoms with van der Waals surface area (Å²) in [6, 6.07) is 3.23. The number of rotatable bonds is 2. The number of hydrazine groups is 1. The molecule has 0 amide bonds. The molecule has 3 N–H and O–H groups in total. The molecule has 0 saturated heterocycles. The summed E-state index contributed by atoms with van der Waals surface area (Å²) < 4.78 is 0.753. The Morgan fingerprint density at radius 3 is 2.69 bits per heavy atom. The molecule has 0 aromatic heterocycles. The second-order valence-electron chi connectivity index (χ2n) is 2.52. The number of nitrogens with zero attached hydrogens (tertiary/aromatic N) is 1. The molecule has 5 nitrogen and oxygen atoms in total. The molecule has 6 heteroatoms. The van der Waals surface area contributed by atoms with E-state index in [2.05, 4.69) is 21.4 Å².